The van der Waals surface area contributed by atoms with Gasteiger partial charge in [-0.05, 0) is 122 Å². The van der Waals surface area contributed by atoms with E-state index in [1.807, 2.05) is 24.3 Å². The van der Waals surface area contributed by atoms with Gasteiger partial charge in [0, 0.05) is 29.1 Å². The average Bonchev–Trinajstić information content (AvgIpc) is 3.78. The van der Waals surface area contributed by atoms with Gasteiger partial charge in [0.2, 0.25) is 0 Å². The number of amides is 1. The molecule has 2 aromatic rings. The average molecular weight is 623 g/mol. The SMILES string of the molecule is C=S1(=O)NC(=O)c2ccc3c(c2)N(C[C@@H]2CC[C@H]2[C@@H](O)/C=C/C[C@@H](C)[C@H]1C1CC1)C[C@@]1(CCCc2cc(Cl)ccc21)CO3. The third kappa shape index (κ3) is 5.51. The van der Waals surface area contributed by atoms with E-state index in [0.717, 1.165) is 74.5 Å². The molecule has 1 unspecified atom stereocenters. The van der Waals surface area contributed by atoms with Gasteiger partial charge in [0.15, 0.2) is 0 Å². The number of aryl methyl sites for hydroxylation is 1. The lowest BCUT2D eigenvalue weighted by atomic mass is 9.68. The minimum Gasteiger partial charge on any atom is -0.490 e. The van der Waals surface area contributed by atoms with Gasteiger partial charge in [-0.3, -0.25) is 9.52 Å². The van der Waals surface area contributed by atoms with Crippen molar-refractivity contribution in [1.82, 2.24) is 4.72 Å². The number of nitrogens with zero attached hydrogens (tertiary/aromatic N) is 1. The molecule has 0 aromatic heterocycles. The van der Waals surface area contributed by atoms with Crippen LogP contribution in [0.5, 0.6) is 5.75 Å². The van der Waals surface area contributed by atoms with Gasteiger partial charge in [0.25, 0.3) is 5.91 Å². The number of carbonyl (C=O) groups is 1. The molecule has 2 saturated carbocycles. The van der Waals surface area contributed by atoms with E-state index >= 15 is 0 Å². The number of allylic oxidation sites excluding steroid dienone is 1. The predicted octanol–water partition coefficient (Wildman–Crippen LogP) is 5.94. The first-order valence-electron chi connectivity index (χ1n) is 16.0. The maximum absolute atomic E-state index is 14.1. The Morgan fingerprint density at radius 1 is 1.14 bits per heavy atom. The Balaban J connectivity index is 1.29. The number of fused-ring (bicyclic) bond motifs is 4. The molecule has 7 rings (SSSR count). The second-order valence-electron chi connectivity index (χ2n) is 13.9. The van der Waals surface area contributed by atoms with Crippen LogP contribution in [-0.2, 0) is 21.5 Å². The molecule has 1 amide bonds. The van der Waals surface area contributed by atoms with Gasteiger partial charge in [0.05, 0.1) is 33.4 Å². The molecule has 3 aliphatic carbocycles. The number of ether oxygens (including phenoxy) is 1. The molecule has 0 radical (unpaired) electrons. The van der Waals surface area contributed by atoms with E-state index in [1.54, 1.807) is 6.07 Å². The number of anilines is 1. The van der Waals surface area contributed by atoms with E-state index in [4.69, 9.17) is 16.3 Å². The Labute approximate surface area is 261 Å². The normalized spacial score (nSPS) is 36.8. The zero-order valence-electron chi connectivity index (χ0n) is 25.0. The second-order valence-corrected chi connectivity index (χ2v) is 16.5. The highest BCUT2D eigenvalue weighted by Gasteiger charge is 2.45. The minimum atomic E-state index is -2.91. The van der Waals surface area contributed by atoms with Crippen molar-refractivity contribution in [2.75, 3.05) is 24.6 Å². The lowest BCUT2D eigenvalue weighted by Gasteiger charge is -2.45. The van der Waals surface area contributed by atoms with Crippen LogP contribution in [0.15, 0.2) is 48.6 Å². The van der Waals surface area contributed by atoms with Crippen molar-refractivity contribution in [2.45, 2.75) is 75.1 Å². The Bertz CT molecular complexity index is 1550. The Morgan fingerprint density at radius 2 is 1.95 bits per heavy atom. The Kier molecular flexibility index (Phi) is 7.58. The van der Waals surface area contributed by atoms with Crippen LogP contribution in [0.25, 0.3) is 0 Å². The maximum Gasteiger partial charge on any atom is 0.262 e. The van der Waals surface area contributed by atoms with Crippen LogP contribution in [0.2, 0.25) is 5.02 Å². The van der Waals surface area contributed by atoms with E-state index in [2.05, 4.69) is 40.6 Å². The summed E-state index contributed by atoms with van der Waals surface area (Å²) in [6.45, 7) is 4.16. The number of hydrogen-bond acceptors (Lipinski definition) is 5. The number of hydrogen-bond donors (Lipinski definition) is 2. The smallest absolute Gasteiger partial charge is 0.262 e. The van der Waals surface area contributed by atoms with Crippen LogP contribution >= 0.6 is 11.6 Å². The van der Waals surface area contributed by atoms with Crippen LogP contribution in [-0.4, -0.2) is 52.1 Å². The van der Waals surface area contributed by atoms with E-state index in [0.29, 0.717) is 30.4 Å². The highest BCUT2D eigenvalue weighted by atomic mass is 35.5. The van der Waals surface area contributed by atoms with Crippen molar-refractivity contribution in [2.24, 2.45) is 23.7 Å². The van der Waals surface area contributed by atoms with Gasteiger partial charge < -0.3 is 14.7 Å². The third-order valence-electron chi connectivity index (χ3n) is 10.9. The van der Waals surface area contributed by atoms with Gasteiger partial charge in [-0.1, -0.05) is 36.7 Å². The summed E-state index contributed by atoms with van der Waals surface area (Å²) in [7, 11) is -2.91. The number of carbonyl (C=O) groups excluding carboxylic acids is 1. The number of benzene rings is 2. The summed E-state index contributed by atoms with van der Waals surface area (Å²) in [4.78, 5) is 16.1. The van der Waals surface area contributed by atoms with E-state index in [9.17, 15) is 14.1 Å². The number of aliphatic hydroxyl groups excluding tert-OH is 1. The molecule has 230 valence electrons. The maximum atomic E-state index is 14.1. The van der Waals surface area contributed by atoms with E-state index < -0.39 is 15.8 Å². The summed E-state index contributed by atoms with van der Waals surface area (Å²) < 4.78 is 23.5. The zero-order valence-corrected chi connectivity index (χ0v) is 26.5. The topological polar surface area (TPSA) is 78.9 Å². The highest BCUT2D eigenvalue weighted by molar-refractivity contribution is 7.99. The van der Waals surface area contributed by atoms with Crippen LogP contribution in [0, 0.1) is 23.7 Å². The fraction of sp³-hybridized carbons (Fsp3) is 0.543. The molecular formula is C35H43ClN2O4S. The summed E-state index contributed by atoms with van der Waals surface area (Å²) in [6, 6.07) is 11.9. The van der Waals surface area contributed by atoms with Gasteiger partial charge >= 0.3 is 0 Å². The zero-order chi connectivity index (χ0) is 29.9. The molecule has 6 nitrogen and oxygen atoms in total. The molecule has 2 bridgehead atoms. The summed E-state index contributed by atoms with van der Waals surface area (Å²) in [5, 5.41) is 11.8. The molecule has 7 atom stereocenters. The number of halogens is 1. The van der Waals surface area contributed by atoms with E-state index in [1.165, 1.54) is 11.1 Å². The van der Waals surface area contributed by atoms with Crippen molar-refractivity contribution in [3.63, 3.8) is 0 Å². The molecule has 2 aromatic carbocycles. The fourth-order valence-electron chi connectivity index (χ4n) is 8.38. The molecule has 2 heterocycles. The van der Waals surface area contributed by atoms with Gasteiger partial charge in [0.1, 0.15) is 5.75 Å². The number of rotatable bonds is 1. The van der Waals surface area contributed by atoms with Crippen molar-refractivity contribution < 1.29 is 18.8 Å². The third-order valence-corrected chi connectivity index (χ3v) is 13.4. The fourth-order valence-corrected chi connectivity index (χ4v) is 10.9. The van der Waals surface area contributed by atoms with Crippen LogP contribution in [0.3, 0.4) is 0 Å². The molecule has 0 saturated heterocycles. The summed E-state index contributed by atoms with van der Waals surface area (Å²) in [5.41, 5.74) is 3.72. The number of nitrogens with one attached hydrogen (secondary N) is 1. The number of aliphatic hydroxyl groups is 1. The summed E-state index contributed by atoms with van der Waals surface area (Å²) >= 11 is 6.42. The van der Waals surface area contributed by atoms with Gasteiger partial charge in [-0.15, -0.1) is 0 Å². The standard InChI is InChI=1S/C35H43ClN2O4S/c1-22-5-3-7-31(39)28-13-10-26(28)19-38-20-35(16-4-6-24-17-27(36)12-14-29(24)35)21-42-32-15-11-25(18-30(32)38)34(40)37-43(2,41)33(22)23-8-9-23/h3,7,11-12,14-15,17-18,22-23,26,28,31,33,39H,2,4-6,8-10,13,16,19-21H2,1H3,(H,37,40,41)/b7-3+/t22-,26+,28-,31+,33+,35+,43?/m1/s1. The molecule has 8 heteroatoms. The van der Waals surface area contributed by atoms with E-state index in [-0.39, 0.29) is 28.4 Å². The first-order chi connectivity index (χ1) is 20.6. The highest BCUT2D eigenvalue weighted by Crippen LogP contribution is 2.47. The lowest BCUT2D eigenvalue weighted by Crippen LogP contribution is -2.49. The van der Waals surface area contributed by atoms with Crippen LogP contribution in [0.1, 0.15) is 73.4 Å². The molecular weight excluding hydrogens is 580 g/mol. The molecule has 5 aliphatic rings. The Hall–Kier alpha value is -2.48. The van der Waals surface area contributed by atoms with Crippen LogP contribution in [0.4, 0.5) is 5.69 Å². The van der Waals surface area contributed by atoms with Gasteiger partial charge in [-0.25, -0.2) is 4.21 Å². The van der Waals surface area contributed by atoms with Crippen molar-refractivity contribution in [3.05, 3.63) is 70.3 Å². The molecule has 2 N–H and O–H groups in total. The predicted molar refractivity (Wildman–Crippen MR) is 175 cm³/mol. The summed E-state index contributed by atoms with van der Waals surface area (Å²) in [6.07, 6.45) is 11.3. The largest absolute Gasteiger partial charge is 0.490 e. The monoisotopic (exact) mass is 622 g/mol. The minimum absolute atomic E-state index is 0.0757. The van der Waals surface area contributed by atoms with Crippen molar-refractivity contribution in [3.8, 4) is 5.75 Å². The van der Waals surface area contributed by atoms with Crippen molar-refractivity contribution in [1.29, 1.82) is 0 Å². The van der Waals surface area contributed by atoms with Crippen LogP contribution < -0.4 is 14.4 Å². The quantitative estimate of drug-likeness (QED) is 0.304. The molecule has 1 spiro atoms. The first-order valence-corrected chi connectivity index (χ1v) is 18.1. The lowest BCUT2D eigenvalue weighted by molar-refractivity contribution is 0.0455. The van der Waals surface area contributed by atoms with Crippen molar-refractivity contribution >= 4 is 38.8 Å². The Morgan fingerprint density at radius 3 is 2.72 bits per heavy atom. The second kappa shape index (κ2) is 11.1. The molecule has 43 heavy (non-hydrogen) atoms. The molecule has 2 fully saturated rings. The van der Waals surface area contributed by atoms with Gasteiger partial charge in [-0.2, -0.15) is 0 Å². The molecule has 2 aliphatic heterocycles. The first kappa shape index (κ1) is 29.2. The summed E-state index contributed by atoms with van der Waals surface area (Å²) in [5.74, 6) is 5.39.